The lowest BCUT2D eigenvalue weighted by atomic mass is 9.97. The van der Waals surface area contributed by atoms with Crippen molar-refractivity contribution in [1.82, 2.24) is 10.3 Å². The summed E-state index contributed by atoms with van der Waals surface area (Å²) >= 11 is 0. The Labute approximate surface area is 184 Å². The van der Waals surface area contributed by atoms with Crippen LogP contribution in [0.2, 0.25) is 0 Å². The topological polar surface area (TPSA) is 55.1 Å². The van der Waals surface area contributed by atoms with E-state index in [-0.39, 0.29) is 5.56 Å². The zero-order valence-electron chi connectivity index (χ0n) is 17.6. The maximum absolute atomic E-state index is 14.9. The van der Waals surface area contributed by atoms with Crippen LogP contribution in [0.3, 0.4) is 0 Å². The Bertz CT molecular complexity index is 1320. The number of rotatable bonds is 3. The van der Waals surface area contributed by atoms with Gasteiger partial charge in [-0.3, -0.25) is 0 Å². The first-order chi connectivity index (χ1) is 15.5. The lowest BCUT2D eigenvalue weighted by Gasteiger charge is -2.29. The van der Waals surface area contributed by atoms with Gasteiger partial charge in [0.2, 0.25) is 0 Å². The normalized spacial score (nSPS) is 14.2. The number of benzene rings is 2. The second-order valence-corrected chi connectivity index (χ2v) is 7.96. The van der Waals surface area contributed by atoms with Crippen LogP contribution in [0.25, 0.3) is 33.3 Å². The lowest BCUT2D eigenvalue weighted by Crippen LogP contribution is -2.44. The quantitative estimate of drug-likeness (QED) is 0.390. The summed E-state index contributed by atoms with van der Waals surface area (Å²) in [7, 11) is 0. The summed E-state index contributed by atoms with van der Waals surface area (Å²) in [5.74, 6) is -0.622. The molecule has 5 rings (SSSR count). The molecule has 2 aromatic heterocycles. The average molecular weight is 432 g/mol. The summed E-state index contributed by atoms with van der Waals surface area (Å²) in [5.41, 5.74) is 3.47. The highest BCUT2D eigenvalue weighted by atomic mass is 19.1. The molecule has 2 aromatic carbocycles. The summed E-state index contributed by atoms with van der Waals surface area (Å²) in [5, 5.41) is 16.9. The molecular weight excluding hydrogens is 410 g/mol. The lowest BCUT2D eigenvalue weighted by molar-refractivity contribution is -0.592. The van der Waals surface area contributed by atoms with Crippen LogP contribution in [0.1, 0.15) is 5.56 Å². The van der Waals surface area contributed by atoms with Crippen LogP contribution < -0.4 is 14.9 Å². The van der Waals surface area contributed by atoms with Gasteiger partial charge in [-0.25, -0.2) is 13.8 Å². The maximum Gasteiger partial charge on any atom is 0.250 e. The van der Waals surface area contributed by atoms with Crippen molar-refractivity contribution < 1.29 is 13.5 Å². The molecular formula is C25H22F2N4O. The molecule has 1 aliphatic heterocycles. The Morgan fingerprint density at radius 3 is 2.50 bits per heavy atom. The Morgan fingerprint density at radius 1 is 0.969 bits per heavy atom. The Balaban J connectivity index is 1.85. The van der Waals surface area contributed by atoms with Gasteiger partial charge in [-0.05, 0) is 42.3 Å². The molecule has 0 unspecified atom stereocenters. The molecule has 0 spiro atoms. The van der Waals surface area contributed by atoms with E-state index in [9.17, 15) is 14.0 Å². The summed E-state index contributed by atoms with van der Waals surface area (Å²) < 4.78 is 29.3. The number of anilines is 1. The van der Waals surface area contributed by atoms with Gasteiger partial charge in [0.15, 0.2) is 6.20 Å². The van der Waals surface area contributed by atoms with Crippen molar-refractivity contribution in [3.8, 4) is 22.4 Å². The number of piperazine rings is 1. The van der Waals surface area contributed by atoms with Crippen molar-refractivity contribution in [2.45, 2.75) is 6.92 Å². The van der Waals surface area contributed by atoms with Gasteiger partial charge in [0.25, 0.3) is 5.69 Å². The fourth-order valence-corrected chi connectivity index (χ4v) is 4.28. The van der Waals surface area contributed by atoms with E-state index in [0.29, 0.717) is 28.0 Å². The number of hydrogen-bond acceptors (Lipinski definition) is 4. The van der Waals surface area contributed by atoms with E-state index in [4.69, 9.17) is 4.98 Å². The minimum Gasteiger partial charge on any atom is -0.618 e. The highest BCUT2D eigenvalue weighted by Gasteiger charge is 2.23. The van der Waals surface area contributed by atoms with Gasteiger partial charge in [-0.1, -0.05) is 18.2 Å². The Hall–Kier alpha value is -3.58. The molecule has 0 aliphatic carbocycles. The number of hydrogen-bond donors (Lipinski definition) is 1. The molecule has 4 aromatic rings. The van der Waals surface area contributed by atoms with Crippen LogP contribution >= 0.6 is 0 Å². The van der Waals surface area contributed by atoms with Crippen molar-refractivity contribution >= 4 is 16.7 Å². The van der Waals surface area contributed by atoms with Crippen LogP contribution in [0.5, 0.6) is 0 Å². The van der Waals surface area contributed by atoms with Crippen molar-refractivity contribution in [2.75, 3.05) is 31.1 Å². The van der Waals surface area contributed by atoms with Gasteiger partial charge < -0.3 is 15.4 Å². The highest BCUT2D eigenvalue weighted by Crippen LogP contribution is 2.36. The SMILES string of the molecule is Cc1ccccc1-c1c2nc(N3CCNCC3)cc(-c3ccc(F)cc3F)c2cc[n+]1[O-]. The van der Waals surface area contributed by atoms with Gasteiger partial charge >= 0.3 is 0 Å². The van der Waals surface area contributed by atoms with E-state index < -0.39 is 11.6 Å². The summed E-state index contributed by atoms with van der Waals surface area (Å²) in [6.07, 6.45) is 1.42. The number of halogens is 2. The third-order valence-corrected chi connectivity index (χ3v) is 5.93. The van der Waals surface area contributed by atoms with Crippen molar-refractivity contribution in [1.29, 1.82) is 0 Å². The number of nitrogens with one attached hydrogen (secondary N) is 1. The minimum atomic E-state index is -0.653. The third kappa shape index (κ3) is 3.54. The van der Waals surface area contributed by atoms with Crippen molar-refractivity contribution in [3.05, 3.63) is 83.2 Å². The number of aryl methyl sites for hydroxylation is 1. The molecule has 0 amide bonds. The van der Waals surface area contributed by atoms with E-state index in [2.05, 4.69) is 10.2 Å². The number of nitrogens with zero attached hydrogens (tertiary/aromatic N) is 3. The van der Waals surface area contributed by atoms with Gasteiger partial charge in [0, 0.05) is 49.3 Å². The highest BCUT2D eigenvalue weighted by molar-refractivity contribution is 6.01. The zero-order chi connectivity index (χ0) is 22.2. The first kappa shape index (κ1) is 20.3. The number of fused-ring (bicyclic) bond motifs is 1. The number of pyridine rings is 2. The predicted octanol–water partition coefficient (Wildman–Crippen LogP) is 4.20. The molecule has 7 heteroatoms. The van der Waals surface area contributed by atoms with Crippen molar-refractivity contribution in [2.24, 2.45) is 0 Å². The van der Waals surface area contributed by atoms with E-state index in [1.54, 1.807) is 6.07 Å². The fraction of sp³-hybridized carbons (Fsp3) is 0.200. The van der Waals surface area contributed by atoms with Crippen LogP contribution in [0.4, 0.5) is 14.6 Å². The van der Waals surface area contributed by atoms with E-state index in [1.807, 2.05) is 37.3 Å². The van der Waals surface area contributed by atoms with E-state index in [1.165, 1.54) is 18.3 Å². The van der Waals surface area contributed by atoms with Crippen LogP contribution in [-0.4, -0.2) is 31.2 Å². The standard InChI is InChI=1S/C25H22F2N4O/c1-16-4-2-3-5-18(16)25-24-20(8-11-31(25)32)21(19-7-6-17(26)14-22(19)27)15-23(29-24)30-12-9-28-10-13-30/h2-8,11,14-15,28H,9-10,12-13H2,1H3. The van der Waals surface area contributed by atoms with E-state index in [0.717, 1.165) is 48.1 Å². The molecule has 162 valence electrons. The van der Waals surface area contributed by atoms with Gasteiger partial charge in [0.1, 0.15) is 23.0 Å². The van der Waals surface area contributed by atoms with Gasteiger partial charge in [-0.15, -0.1) is 0 Å². The first-order valence-electron chi connectivity index (χ1n) is 10.6. The largest absolute Gasteiger partial charge is 0.618 e. The molecule has 1 fully saturated rings. The maximum atomic E-state index is 14.9. The Kier molecular flexibility index (Phi) is 5.19. The molecule has 0 atom stereocenters. The average Bonchev–Trinajstić information content (AvgIpc) is 2.80. The van der Waals surface area contributed by atoms with Crippen LogP contribution in [0, 0.1) is 23.8 Å². The fourth-order valence-electron chi connectivity index (χ4n) is 4.28. The van der Waals surface area contributed by atoms with Gasteiger partial charge in [-0.2, -0.15) is 4.73 Å². The van der Waals surface area contributed by atoms with Crippen molar-refractivity contribution in [3.63, 3.8) is 0 Å². The molecule has 0 radical (unpaired) electrons. The zero-order valence-corrected chi connectivity index (χ0v) is 17.6. The second-order valence-electron chi connectivity index (χ2n) is 7.96. The smallest absolute Gasteiger partial charge is 0.250 e. The third-order valence-electron chi connectivity index (χ3n) is 5.93. The summed E-state index contributed by atoms with van der Waals surface area (Å²) in [6, 6.07) is 14.7. The Morgan fingerprint density at radius 2 is 1.75 bits per heavy atom. The predicted molar refractivity (Wildman–Crippen MR) is 121 cm³/mol. The first-order valence-corrected chi connectivity index (χ1v) is 10.6. The van der Waals surface area contributed by atoms with Crippen LogP contribution in [-0.2, 0) is 0 Å². The van der Waals surface area contributed by atoms with Crippen LogP contribution in [0.15, 0.2) is 60.8 Å². The molecule has 0 saturated carbocycles. The molecule has 1 saturated heterocycles. The molecule has 0 bridgehead atoms. The molecule has 32 heavy (non-hydrogen) atoms. The summed E-state index contributed by atoms with van der Waals surface area (Å²) in [6.45, 7) is 5.04. The molecule has 3 heterocycles. The summed E-state index contributed by atoms with van der Waals surface area (Å²) in [4.78, 5) is 7.01. The minimum absolute atomic E-state index is 0.273. The molecule has 1 aliphatic rings. The van der Waals surface area contributed by atoms with Gasteiger partial charge in [0.05, 0.1) is 5.56 Å². The van der Waals surface area contributed by atoms with E-state index >= 15 is 0 Å². The second kappa shape index (κ2) is 8.16. The molecule has 5 nitrogen and oxygen atoms in total. The monoisotopic (exact) mass is 432 g/mol. The molecule has 1 N–H and O–H groups in total. The number of aromatic nitrogens is 2.